The predicted molar refractivity (Wildman–Crippen MR) is 71.0 cm³/mol. The molecule has 0 aliphatic rings. The fourth-order valence-corrected chi connectivity index (χ4v) is 2.19. The Morgan fingerprint density at radius 2 is 1.44 bits per heavy atom. The van der Waals surface area contributed by atoms with Gasteiger partial charge in [-0.2, -0.15) is 0 Å². The summed E-state index contributed by atoms with van der Waals surface area (Å²) >= 11 is 0. The lowest BCUT2D eigenvalue weighted by Gasteiger charge is -2.14. The molecule has 18 heavy (non-hydrogen) atoms. The van der Waals surface area contributed by atoms with Gasteiger partial charge in [0, 0.05) is 0 Å². The summed E-state index contributed by atoms with van der Waals surface area (Å²) in [6.45, 7) is 0.905. The van der Waals surface area contributed by atoms with Gasteiger partial charge in [0.2, 0.25) is 1.43 Å². The summed E-state index contributed by atoms with van der Waals surface area (Å²) in [6, 6.07) is 0. The number of hydrogen-bond donors (Lipinski definition) is 2. The van der Waals surface area contributed by atoms with E-state index >= 15 is 0 Å². The van der Waals surface area contributed by atoms with Crippen molar-refractivity contribution in [1.82, 2.24) is 0 Å². The van der Waals surface area contributed by atoms with Gasteiger partial charge in [0.15, 0.2) is 0 Å². The van der Waals surface area contributed by atoms with Crippen LogP contribution in [0.3, 0.4) is 0 Å². The zero-order valence-corrected chi connectivity index (χ0v) is 12.0. The first-order valence-corrected chi connectivity index (χ1v) is 8.39. The van der Waals surface area contributed by atoms with Crippen LogP contribution in [0.5, 0.6) is 0 Å². The van der Waals surface area contributed by atoms with Crippen molar-refractivity contribution < 1.29 is 18.9 Å². The maximum atomic E-state index is 10.7. The number of phosphoric acid groups is 1. The summed E-state index contributed by atoms with van der Waals surface area (Å²) < 4.78 is 21.4. The highest BCUT2D eigenvalue weighted by atomic mass is 31.2. The van der Waals surface area contributed by atoms with Crippen molar-refractivity contribution in [3.8, 4) is 0 Å². The third kappa shape index (κ3) is 16.1. The maximum Gasteiger partial charge on any atom is 0.265 e. The minimum Gasteiger partial charge on any atom is -0.756 e. The number of nitrogens with two attached hydrogens (primary N) is 1. The van der Waals surface area contributed by atoms with Crippen molar-refractivity contribution in [2.45, 2.75) is 64.2 Å². The molecule has 0 spiro atoms. The van der Waals surface area contributed by atoms with Crippen LogP contribution in [0, 0.1) is 0 Å². The zero-order valence-electron chi connectivity index (χ0n) is 12.1. The van der Waals surface area contributed by atoms with E-state index in [9.17, 15) is 9.46 Å². The molecule has 0 amide bonds. The zero-order chi connectivity index (χ0) is 14.4. The fraction of sp³-hybridized carbons (Fsp3) is 1.00. The van der Waals surface area contributed by atoms with Gasteiger partial charge in [0.05, 0.1) is 6.61 Å². The van der Waals surface area contributed by atoms with Gasteiger partial charge in [-0.15, -0.1) is 0 Å². The maximum absolute atomic E-state index is 10.7. The Morgan fingerprint density at radius 1 is 1.00 bits per heavy atom. The molecule has 0 heterocycles. The molecule has 0 aromatic rings. The van der Waals surface area contributed by atoms with Gasteiger partial charge in [-0.1, -0.05) is 51.4 Å². The Bertz CT molecular complexity index is 244. The van der Waals surface area contributed by atoms with Gasteiger partial charge in [-0.3, -0.25) is 4.57 Å². The molecule has 0 aliphatic heterocycles. The molecule has 6 heteroatoms. The lowest BCUT2D eigenvalue weighted by molar-refractivity contribution is -0.219. The standard InChI is InChI=1S/C12H28NO4P/c13-11-9-7-5-3-1-2-4-6-8-10-12-17-18(14,15)16/h1-13H2,(H2,14,15,16)/p-1/i/hD. The van der Waals surface area contributed by atoms with Gasteiger partial charge in [0.25, 0.3) is 7.82 Å². The van der Waals surface area contributed by atoms with Crippen LogP contribution >= 0.6 is 7.82 Å². The number of phosphoric ester groups is 1. The molecule has 0 fully saturated rings. The number of hydrogen-bond acceptors (Lipinski definition) is 5. The highest BCUT2D eigenvalue weighted by Crippen LogP contribution is 2.30. The minimum absolute atomic E-state index is 0.110. The van der Waals surface area contributed by atoms with Crippen LogP contribution < -0.4 is 10.6 Å². The molecular formula is C12H27NO4P-. The second-order valence-corrected chi connectivity index (χ2v) is 5.76. The van der Waals surface area contributed by atoms with E-state index < -0.39 is 7.82 Å². The van der Waals surface area contributed by atoms with Crippen LogP contribution in [0.1, 0.15) is 64.2 Å². The summed E-state index contributed by atoms with van der Waals surface area (Å²) in [5.41, 5.74) is 5.42. The van der Waals surface area contributed by atoms with Gasteiger partial charge in [0.1, 0.15) is 0 Å². The third-order valence-electron chi connectivity index (χ3n) is 2.85. The molecule has 0 aromatic heterocycles. The predicted octanol–water partition coefficient (Wildman–Crippen LogP) is 2.32. The Balaban J connectivity index is 3.09. The molecule has 0 saturated carbocycles. The highest BCUT2D eigenvalue weighted by Gasteiger charge is 2.00. The highest BCUT2D eigenvalue weighted by molar-refractivity contribution is 7.44. The van der Waals surface area contributed by atoms with Crippen molar-refractivity contribution in [2.24, 2.45) is 5.73 Å². The van der Waals surface area contributed by atoms with E-state index in [0.717, 1.165) is 25.8 Å². The normalized spacial score (nSPS) is 15.3. The van der Waals surface area contributed by atoms with E-state index in [0.29, 0.717) is 6.42 Å². The lowest BCUT2D eigenvalue weighted by atomic mass is 10.1. The Hall–Kier alpha value is 0.0700. The van der Waals surface area contributed by atoms with Crippen LogP contribution in [0.4, 0.5) is 0 Å². The molecule has 0 bridgehead atoms. The van der Waals surface area contributed by atoms with Crippen LogP contribution in [-0.2, 0) is 9.09 Å². The second kappa shape index (κ2) is 12.1. The molecular weight excluding hydrogens is 253 g/mol. The summed E-state index contributed by atoms with van der Waals surface area (Å²) in [7, 11) is -4.35. The average Bonchev–Trinajstić information content (AvgIpc) is 2.40. The van der Waals surface area contributed by atoms with Crippen molar-refractivity contribution >= 4 is 7.82 Å². The van der Waals surface area contributed by atoms with Crippen molar-refractivity contribution in [3.63, 3.8) is 0 Å². The topological polar surface area (TPSA) is 95.6 Å². The largest absolute Gasteiger partial charge is 0.756 e. The van der Waals surface area contributed by atoms with Gasteiger partial charge in [-0.25, -0.2) is 0 Å². The van der Waals surface area contributed by atoms with E-state index in [1.54, 1.807) is 0 Å². The van der Waals surface area contributed by atoms with Crippen molar-refractivity contribution in [2.75, 3.05) is 13.2 Å². The molecule has 1 unspecified atom stereocenters. The Morgan fingerprint density at radius 3 is 1.89 bits per heavy atom. The molecule has 0 saturated heterocycles. The summed E-state index contributed by atoms with van der Waals surface area (Å²) in [6.07, 6.45) is 11.3. The quantitative estimate of drug-likeness (QED) is 0.376. The summed E-state index contributed by atoms with van der Waals surface area (Å²) in [5.74, 6) is 0. The van der Waals surface area contributed by atoms with E-state index in [4.69, 9.17) is 7.16 Å². The lowest BCUT2D eigenvalue weighted by Crippen LogP contribution is -2.04. The van der Waals surface area contributed by atoms with Crippen LogP contribution in [-0.4, -0.2) is 19.5 Å². The molecule has 3 N–H and O–H groups in total. The number of rotatable bonds is 14. The summed E-state index contributed by atoms with van der Waals surface area (Å²) in [5, 5.41) is 0. The third-order valence-corrected chi connectivity index (χ3v) is 3.35. The fourth-order valence-electron chi connectivity index (χ4n) is 1.84. The molecule has 0 aliphatic carbocycles. The average molecular weight is 281 g/mol. The van der Waals surface area contributed by atoms with E-state index in [2.05, 4.69) is 9.42 Å². The first-order chi connectivity index (χ1) is 9.12. The minimum atomic E-state index is -4.35. The van der Waals surface area contributed by atoms with Gasteiger partial charge in [-0.05, 0) is 19.4 Å². The second-order valence-electron chi connectivity index (χ2n) is 4.60. The Kier molecular flexibility index (Phi) is 10.9. The molecule has 0 aromatic carbocycles. The molecule has 1 atom stereocenters. The van der Waals surface area contributed by atoms with E-state index in [1.165, 1.54) is 38.5 Å². The van der Waals surface area contributed by atoms with Crippen molar-refractivity contribution in [1.29, 1.82) is 1.43 Å². The smallest absolute Gasteiger partial charge is 0.265 e. The number of unbranched alkanes of at least 4 members (excludes halogenated alkanes) is 9. The van der Waals surface area contributed by atoms with Crippen LogP contribution in [0.2, 0.25) is 0 Å². The van der Waals surface area contributed by atoms with Crippen LogP contribution in [0.15, 0.2) is 0 Å². The molecule has 110 valence electrons. The van der Waals surface area contributed by atoms with Gasteiger partial charge >= 0.3 is 0 Å². The van der Waals surface area contributed by atoms with Crippen LogP contribution in [0.25, 0.3) is 0 Å². The first kappa shape index (κ1) is 16.1. The first-order valence-electron chi connectivity index (χ1n) is 7.34. The van der Waals surface area contributed by atoms with Gasteiger partial charge < -0.3 is 20.0 Å². The SMILES string of the molecule is [2H]OP(=O)([O-])OCCCCCCCCCCCCN. The Labute approximate surface area is 112 Å². The molecule has 0 radical (unpaired) electrons. The summed E-state index contributed by atoms with van der Waals surface area (Å²) in [4.78, 5) is 14.1. The van der Waals surface area contributed by atoms with E-state index in [-0.39, 0.29) is 6.61 Å². The van der Waals surface area contributed by atoms with E-state index in [1.807, 2.05) is 0 Å². The molecule has 5 nitrogen and oxygen atoms in total. The molecule has 0 rings (SSSR count). The van der Waals surface area contributed by atoms with Crippen molar-refractivity contribution in [3.05, 3.63) is 0 Å². The monoisotopic (exact) mass is 281 g/mol.